The number of carbonyl (C=O) groups is 1. The Balaban J connectivity index is 2.39. The molecule has 1 rings (SSSR count). The fraction of sp³-hybridized carbons (Fsp3) is 0.979. The predicted molar refractivity (Wildman–Crippen MR) is 233 cm³/mol. The molecule has 1 saturated heterocycles. The van der Waals surface area contributed by atoms with Gasteiger partial charge in [-0.15, -0.1) is 0 Å². The van der Waals surface area contributed by atoms with Gasteiger partial charge in [0.15, 0.2) is 6.29 Å². The van der Waals surface area contributed by atoms with Gasteiger partial charge in [0.25, 0.3) is 0 Å². The SMILES string of the molecule is CCCCCCCCCCCCCCCCCCCCC[C@@H](O)C(=O)N[C@@H](CO[C@@H]1O[C@H](CO)[C@H](O)[C@H](O)[C@H]1O)[C@H](O)[C@H](O)CCCCCCCCCCCCCC. The quantitative estimate of drug-likeness (QED) is 0.0279. The van der Waals surface area contributed by atoms with E-state index in [1.165, 1.54) is 148 Å². The van der Waals surface area contributed by atoms with Gasteiger partial charge < -0.3 is 50.5 Å². The van der Waals surface area contributed by atoms with Gasteiger partial charge in [0, 0.05) is 0 Å². The zero-order valence-corrected chi connectivity index (χ0v) is 37.3. The van der Waals surface area contributed by atoms with Crippen molar-refractivity contribution in [3.63, 3.8) is 0 Å². The highest BCUT2D eigenvalue weighted by molar-refractivity contribution is 5.80. The topological polar surface area (TPSA) is 189 Å². The minimum absolute atomic E-state index is 0.266. The first-order chi connectivity index (χ1) is 28.2. The third-order valence-corrected chi connectivity index (χ3v) is 12.2. The Morgan fingerprint density at radius 2 is 0.897 bits per heavy atom. The number of aliphatic hydroxyl groups excluding tert-OH is 7. The monoisotopic (exact) mass is 832 g/mol. The second kappa shape index (κ2) is 37.8. The lowest BCUT2D eigenvalue weighted by atomic mass is 9.98. The Hall–Kier alpha value is -0.890. The number of hydrogen-bond acceptors (Lipinski definition) is 10. The minimum Gasteiger partial charge on any atom is -0.394 e. The van der Waals surface area contributed by atoms with E-state index in [0.29, 0.717) is 19.3 Å². The molecule has 8 N–H and O–H groups in total. The number of ether oxygens (including phenoxy) is 2. The van der Waals surface area contributed by atoms with E-state index in [4.69, 9.17) is 9.47 Å². The van der Waals surface area contributed by atoms with Crippen LogP contribution in [0.15, 0.2) is 0 Å². The molecule has 0 spiro atoms. The molecule has 0 aromatic heterocycles. The summed E-state index contributed by atoms with van der Waals surface area (Å²) in [6, 6.07) is -1.16. The van der Waals surface area contributed by atoms with Crippen LogP contribution in [0.2, 0.25) is 0 Å². The van der Waals surface area contributed by atoms with E-state index in [2.05, 4.69) is 19.2 Å². The van der Waals surface area contributed by atoms with Crippen LogP contribution >= 0.6 is 0 Å². The average Bonchev–Trinajstić information content (AvgIpc) is 3.22. The molecule has 0 aromatic carbocycles. The summed E-state index contributed by atoms with van der Waals surface area (Å²) in [5, 5.41) is 75.7. The Kier molecular flexibility index (Phi) is 36.0. The number of aliphatic hydroxyl groups is 7. The summed E-state index contributed by atoms with van der Waals surface area (Å²) in [4.78, 5) is 13.1. The zero-order valence-electron chi connectivity index (χ0n) is 37.3. The first kappa shape index (κ1) is 55.1. The molecule has 9 atom stereocenters. The van der Waals surface area contributed by atoms with Gasteiger partial charge in [-0.1, -0.05) is 213 Å². The van der Waals surface area contributed by atoms with E-state index in [9.17, 15) is 40.5 Å². The van der Waals surface area contributed by atoms with Crippen LogP contribution in [0.3, 0.4) is 0 Å². The summed E-state index contributed by atoms with van der Waals surface area (Å²) in [6.45, 7) is 3.45. The van der Waals surface area contributed by atoms with Crippen LogP contribution in [-0.4, -0.2) is 110 Å². The van der Waals surface area contributed by atoms with Crippen LogP contribution < -0.4 is 5.32 Å². The van der Waals surface area contributed by atoms with E-state index < -0.39 is 74.2 Å². The van der Waals surface area contributed by atoms with E-state index in [-0.39, 0.29) is 6.42 Å². The number of rotatable bonds is 41. The first-order valence-electron chi connectivity index (χ1n) is 24.4. The van der Waals surface area contributed by atoms with Crippen molar-refractivity contribution in [1.29, 1.82) is 0 Å². The molecular formula is C47H93NO10. The van der Waals surface area contributed by atoms with E-state index >= 15 is 0 Å². The smallest absolute Gasteiger partial charge is 0.249 e. The largest absolute Gasteiger partial charge is 0.394 e. The van der Waals surface area contributed by atoms with Crippen molar-refractivity contribution in [3.05, 3.63) is 0 Å². The van der Waals surface area contributed by atoms with Gasteiger partial charge in [0.2, 0.25) is 5.91 Å². The molecule has 0 aromatic rings. The molecule has 346 valence electrons. The summed E-state index contributed by atoms with van der Waals surface area (Å²) >= 11 is 0. The van der Waals surface area contributed by atoms with Gasteiger partial charge in [0.05, 0.1) is 25.4 Å². The molecule has 1 amide bonds. The number of hydrogen-bond donors (Lipinski definition) is 8. The maximum absolute atomic E-state index is 13.1. The Labute approximate surface area is 354 Å². The maximum Gasteiger partial charge on any atom is 0.249 e. The molecule has 0 radical (unpaired) electrons. The fourth-order valence-electron chi connectivity index (χ4n) is 8.09. The van der Waals surface area contributed by atoms with E-state index in [1.807, 2.05) is 0 Å². The van der Waals surface area contributed by atoms with Crippen molar-refractivity contribution in [2.24, 2.45) is 0 Å². The highest BCUT2D eigenvalue weighted by Crippen LogP contribution is 2.23. The van der Waals surface area contributed by atoms with Crippen molar-refractivity contribution in [1.82, 2.24) is 5.32 Å². The summed E-state index contributed by atoms with van der Waals surface area (Å²) in [5.41, 5.74) is 0. The van der Waals surface area contributed by atoms with E-state index in [1.54, 1.807) is 0 Å². The first-order valence-corrected chi connectivity index (χ1v) is 24.4. The van der Waals surface area contributed by atoms with Gasteiger partial charge in [-0.2, -0.15) is 0 Å². The van der Waals surface area contributed by atoms with Gasteiger partial charge in [0.1, 0.15) is 36.6 Å². The molecule has 11 heteroatoms. The minimum atomic E-state index is -1.66. The molecule has 0 saturated carbocycles. The third-order valence-electron chi connectivity index (χ3n) is 12.2. The lowest BCUT2D eigenvalue weighted by Crippen LogP contribution is -2.60. The fourth-order valence-corrected chi connectivity index (χ4v) is 8.09. The number of unbranched alkanes of at least 4 members (excludes halogenated alkanes) is 29. The van der Waals surface area contributed by atoms with Crippen molar-refractivity contribution in [2.75, 3.05) is 13.2 Å². The average molecular weight is 832 g/mol. The second-order valence-electron chi connectivity index (χ2n) is 17.5. The van der Waals surface area contributed by atoms with Crippen molar-refractivity contribution >= 4 is 5.91 Å². The molecule has 0 unspecified atom stereocenters. The van der Waals surface area contributed by atoms with Crippen LogP contribution in [0.1, 0.15) is 226 Å². The van der Waals surface area contributed by atoms with Crippen LogP contribution in [0, 0.1) is 0 Å². The lowest BCUT2D eigenvalue weighted by molar-refractivity contribution is -0.303. The van der Waals surface area contributed by atoms with Crippen LogP contribution in [0.5, 0.6) is 0 Å². The number of carbonyl (C=O) groups excluding carboxylic acids is 1. The maximum atomic E-state index is 13.1. The predicted octanol–water partition coefficient (Wildman–Crippen LogP) is 8.28. The van der Waals surface area contributed by atoms with Gasteiger partial charge in [-0.25, -0.2) is 0 Å². The molecular weight excluding hydrogens is 739 g/mol. The molecule has 0 bridgehead atoms. The molecule has 1 heterocycles. The Bertz CT molecular complexity index is 913. The van der Waals surface area contributed by atoms with Crippen molar-refractivity contribution in [3.8, 4) is 0 Å². The molecule has 0 aliphatic carbocycles. The van der Waals surface area contributed by atoms with Crippen LogP contribution in [-0.2, 0) is 14.3 Å². The van der Waals surface area contributed by atoms with Crippen molar-refractivity contribution in [2.45, 2.75) is 281 Å². The molecule has 1 aliphatic heterocycles. The highest BCUT2D eigenvalue weighted by atomic mass is 16.7. The van der Waals surface area contributed by atoms with E-state index in [0.717, 1.165) is 38.5 Å². The standard InChI is InChI=1S/C47H93NO10/c1-3-5-7-9-11-13-15-17-18-19-20-21-22-23-25-27-29-31-33-35-40(51)46(56)48-38(37-57-47-45(55)44(54)43(53)41(36-49)58-47)42(52)39(50)34-32-30-28-26-24-16-14-12-10-8-6-4-2/h38-45,47,49-55H,3-37H2,1-2H3,(H,48,56)/t38-,39+,40+,41+,42-,43-,44-,45+,47+/m0/s1. The second-order valence-corrected chi connectivity index (χ2v) is 17.5. The Morgan fingerprint density at radius 3 is 1.28 bits per heavy atom. The highest BCUT2D eigenvalue weighted by Gasteiger charge is 2.44. The summed E-state index contributed by atoms with van der Waals surface area (Å²) in [5.74, 6) is -0.693. The summed E-state index contributed by atoms with van der Waals surface area (Å²) in [6.07, 6.45) is 27.2. The zero-order chi connectivity index (χ0) is 42.6. The van der Waals surface area contributed by atoms with Crippen molar-refractivity contribution < 1.29 is 50.0 Å². The van der Waals surface area contributed by atoms with Crippen LogP contribution in [0.25, 0.3) is 0 Å². The van der Waals surface area contributed by atoms with Gasteiger partial charge >= 0.3 is 0 Å². The third kappa shape index (κ3) is 27.1. The molecule has 58 heavy (non-hydrogen) atoms. The molecule has 1 fully saturated rings. The van der Waals surface area contributed by atoms with Gasteiger partial charge in [-0.3, -0.25) is 4.79 Å². The summed E-state index contributed by atoms with van der Waals surface area (Å²) < 4.78 is 11.1. The molecule has 11 nitrogen and oxygen atoms in total. The van der Waals surface area contributed by atoms with Gasteiger partial charge in [-0.05, 0) is 12.8 Å². The Morgan fingerprint density at radius 1 is 0.534 bits per heavy atom. The lowest BCUT2D eigenvalue weighted by Gasteiger charge is -2.40. The van der Waals surface area contributed by atoms with Crippen LogP contribution in [0.4, 0.5) is 0 Å². The number of nitrogens with one attached hydrogen (secondary N) is 1. The molecule has 1 aliphatic rings. The summed E-state index contributed by atoms with van der Waals surface area (Å²) in [7, 11) is 0. The number of amides is 1. The normalized spacial score (nSPS) is 21.8.